The van der Waals surface area contributed by atoms with Gasteiger partial charge in [0.15, 0.2) is 0 Å². The van der Waals surface area contributed by atoms with Crippen molar-refractivity contribution in [3.63, 3.8) is 0 Å². The number of anilines is 1. The van der Waals surface area contributed by atoms with Gasteiger partial charge in [0.25, 0.3) is 5.69 Å². The summed E-state index contributed by atoms with van der Waals surface area (Å²) in [5.41, 5.74) is 7.07. The number of non-ortho nitro benzene ring substituents is 1. The number of imidazole rings is 1. The Kier molecular flexibility index (Phi) is 4.19. The SMILES string of the molecule is CC(C)CN(CCN)c1nc2ccc([N+](=O)[O-])cc2[nH]1. The Morgan fingerprint density at radius 2 is 2.25 bits per heavy atom. The fourth-order valence-electron chi connectivity index (χ4n) is 2.13. The number of hydrogen-bond acceptors (Lipinski definition) is 5. The molecule has 1 aromatic heterocycles. The Morgan fingerprint density at radius 3 is 2.85 bits per heavy atom. The number of hydrogen-bond donors (Lipinski definition) is 2. The number of aromatic nitrogens is 2. The molecule has 0 radical (unpaired) electrons. The summed E-state index contributed by atoms with van der Waals surface area (Å²) >= 11 is 0. The molecule has 3 N–H and O–H groups in total. The maximum absolute atomic E-state index is 10.8. The molecular formula is C13H19N5O2. The molecule has 0 atom stereocenters. The third kappa shape index (κ3) is 3.05. The summed E-state index contributed by atoms with van der Waals surface area (Å²) in [5, 5.41) is 10.8. The topological polar surface area (TPSA) is 101 Å². The molecule has 108 valence electrons. The van der Waals surface area contributed by atoms with Crippen molar-refractivity contribution in [3.05, 3.63) is 28.3 Å². The Balaban J connectivity index is 2.35. The van der Waals surface area contributed by atoms with E-state index in [1.54, 1.807) is 6.07 Å². The molecule has 0 aliphatic rings. The highest BCUT2D eigenvalue weighted by Gasteiger charge is 2.14. The Morgan fingerprint density at radius 1 is 1.50 bits per heavy atom. The van der Waals surface area contributed by atoms with Gasteiger partial charge in [0, 0.05) is 31.8 Å². The van der Waals surface area contributed by atoms with E-state index in [1.165, 1.54) is 12.1 Å². The molecule has 0 fully saturated rings. The van der Waals surface area contributed by atoms with E-state index in [2.05, 4.69) is 28.7 Å². The van der Waals surface area contributed by atoms with Crippen LogP contribution >= 0.6 is 0 Å². The molecular weight excluding hydrogens is 258 g/mol. The second kappa shape index (κ2) is 5.87. The zero-order chi connectivity index (χ0) is 14.7. The minimum Gasteiger partial charge on any atom is -0.341 e. The van der Waals surface area contributed by atoms with Crippen molar-refractivity contribution in [1.82, 2.24) is 9.97 Å². The third-order valence-corrected chi connectivity index (χ3v) is 2.95. The van der Waals surface area contributed by atoms with Crippen LogP contribution in [0.1, 0.15) is 13.8 Å². The lowest BCUT2D eigenvalue weighted by atomic mass is 10.2. The number of nitro benzene ring substituents is 1. The molecule has 7 heteroatoms. The Bertz CT molecular complexity index is 608. The minimum absolute atomic E-state index is 0.0573. The van der Waals surface area contributed by atoms with Crippen molar-refractivity contribution in [2.75, 3.05) is 24.5 Å². The van der Waals surface area contributed by atoms with Crippen LogP contribution < -0.4 is 10.6 Å². The number of nitrogens with one attached hydrogen (secondary N) is 1. The first-order valence-corrected chi connectivity index (χ1v) is 6.60. The molecule has 20 heavy (non-hydrogen) atoms. The second-order valence-corrected chi connectivity index (χ2v) is 5.15. The number of rotatable bonds is 6. The molecule has 0 aliphatic carbocycles. The predicted octanol–water partition coefficient (Wildman–Crippen LogP) is 1.89. The first-order valence-electron chi connectivity index (χ1n) is 6.60. The van der Waals surface area contributed by atoms with Crippen LogP contribution in [0.25, 0.3) is 11.0 Å². The molecule has 0 saturated heterocycles. The lowest BCUT2D eigenvalue weighted by Gasteiger charge is -2.23. The highest BCUT2D eigenvalue weighted by Crippen LogP contribution is 2.22. The number of H-pyrrole nitrogens is 1. The van der Waals surface area contributed by atoms with E-state index in [-0.39, 0.29) is 5.69 Å². The average molecular weight is 277 g/mol. The van der Waals surface area contributed by atoms with Crippen molar-refractivity contribution in [1.29, 1.82) is 0 Å². The monoisotopic (exact) mass is 277 g/mol. The fourth-order valence-corrected chi connectivity index (χ4v) is 2.13. The summed E-state index contributed by atoms with van der Waals surface area (Å²) in [6.07, 6.45) is 0. The van der Waals surface area contributed by atoms with Crippen LogP contribution in [-0.2, 0) is 0 Å². The first kappa shape index (κ1) is 14.3. The van der Waals surface area contributed by atoms with Crippen molar-refractivity contribution < 1.29 is 4.92 Å². The molecule has 7 nitrogen and oxygen atoms in total. The van der Waals surface area contributed by atoms with Gasteiger partial charge in [0.1, 0.15) is 0 Å². The van der Waals surface area contributed by atoms with Gasteiger partial charge >= 0.3 is 0 Å². The highest BCUT2D eigenvalue weighted by molar-refractivity contribution is 5.80. The van der Waals surface area contributed by atoms with Gasteiger partial charge < -0.3 is 15.6 Å². The summed E-state index contributed by atoms with van der Waals surface area (Å²) in [5.74, 6) is 1.18. The number of nitrogens with zero attached hydrogens (tertiary/aromatic N) is 3. The quantitative estimate of drug-likeness (QED) is 0.620. The fraction of sp³-hybridized carbons (Fsp3) is 0.462. The molecule has 0 unspecified atom stereocenters. The van der Waals surface area contributed by atoms with Gasteiger partial charge in [-0.1, -0.05) is 13.8 Å². The van der Waals surface area contributed by atoms with E-state index in [0.717, 1.165) is 12.1 Å². The van der Waals surface area contributed by atoms with Crippen molar-refractivity contribution in [3.8, 4) is 0 Å². The van der Waals surface area contributed by atoms with Crippen molar-refractivity contribution in [2.24, 2.45) is 11.7 Å². The lowest BCUT2D eigenvalue weighted by molar-refractivity contribution is -0.384. The molecule has 2 rings (SSSR count). The lowest BCUT2D eigenvalue weighted by Crippen LogP contribution is -2.33. The molecule has 0 saturated carbocycles. The van der Waals surface area contributed by atoms with Gasteiger partial charge in [-0.25, -0.2) is 4.98 Å². The van der Waals surface area contributed by atoms with Crippen molar-refractivity contribution >= 4 is 22.7 Å². The largest absolute Gasteiger partial charge is 0.341 e. The number of nitro groups is 1. The van der Waals surface area contributed by atoms with Crippen LogP contribution in [0.3, 0.4) is 0 Å². The van der Waals surface area contributed by atoms with Gasteiger partial charge in [-0.15, -0.1) is 0 Å². The Hall–Kier alpha value is -2.15. The third-order valence-electron chi connectivity index (χ3n) is 2.95. The molecule has 0 bridgehead atoms. The molecule has 2 aromatic rings. The molecule has 0 spiro atoms. The summed E-state index contributed by atoms with van der Waals surface area (Å²) < 4.78 is 0. The molecule has 0 aliphatic heterocycles. The van der Waals surface area contributed by atoms with E-state index < -0.39 is 4.92 Å². The zero-order valence-electron chi connectivity index (χ0n) is 11.7. The number of nitrogens with two attached hydrogens (primary N) is 1. The molecule has 0 amide bonds. The van der Waals surface area contributed by atoms with Crippen LogP contribution in [0.5, 0.6) is 0 Å². The summed E-state index contributed by atoms with van der Waals surface area (Å²) in [6.45, 7) is 6.30. The number of fused-ring (bicyclic) bond motifs is 1. The van der Waals surface area contributed by atoms with E-state index in [0.29, 0.717) is 30.5 Å². The van der Waals surface area contributed by atoms with Crippen molar-refractivity contribution in [2.45, 2.75) is 13.8 Å². The maximum Gasteiger partial charge on any atom is 0.271 e. The predicted molar refractivity (Wildman–Crippen MR) is 78.9 cm³/mol. The van der Waals surface area contributed by atoms with Gasteiger partial charge in [-0.2, -0.15) is 0 Å². The first-order chi connectivity index (χ1) is 9.51. The van der Waals surface area contributed by atoms with Crippen LogP contribution in [0.15, 0.2) is 18.2 Å². The Labute approximate surface area is 116 Å². The summed E-state index contributed by atoms with van der Waals surface area (Å²) in [6, 6.07) is 4.62. The number of aromatic amines is 1. The smallest absolute Gasteiger partial charge is 0.271 e. The molecule has 1 heterocycles. The normalized spacial score (nSPS) is 11.2. The highest BCUT2D eigenvalue weighted by atomic mass is 16.6. The van der Waals surface area contributed by atoms with Crippen LogP contribution in [0, 0.1) is 16.0 Å². The summed E-state index contributed by atoms with van der Waals surface area (Å²) in [4.78, 5) is 20.0. The van der Waals surface area contributed by atoms with Gasteiger partial charge in [0.2, 0.25) is 5.95 Å². The zero-order valence-corrected chi connectivity index (χ0v) is 11.7. The maximum atomic E-state index is 10.8. The standard InChI is InChI=1S/C13H19N5O2/c1-9(2)8-17(6-5-14)13-15-11-4-3-10(18(19)20)7-12(11)16-13/h3-4,7,9H,5-6,8,14H2,1-2H3,(H,15,16). The van der Waals surface area contributed by atoms with Crippen LogP contribution in [0.2, 0.25) is 0 Å². The molecule has 1 aromatic carbocycles. The number of benzene rings is 1. The van der Waals surface area contributed by atoms with E-state index in [4.69, 9.17) is 5.73 Å². The van der Waals surface area contributed by atoms with Gasteiger partial charge in [0.05, 0.1) is 16.0 Å². The van der Waals surface area contributed by atoms with E-state index in [9.17, 15) is 10.1 Å². The van der Waals surface area contributed by atoms with Gasteiger partial charge in [-0.05, 0) is 12.0 Å². The summed E-state index contributed by atoms with van der Waals surface area (Å²) in [7, 11) is 0. The average Bonchev–Trinajstić information content (AvgIpc) is 2.80. The van der Waals surface area contributed by atoms with Crippen LogP contribution in [-0.4, -0.2) is 34.5 Å². The van der Waals surface area contributed by atoms with E-state index >= 15 is 0 Å². The second-order valence-electron chi connectivity index (χ2n) is 5.15. The van der Waals surface area contributed by atoms with Gasteiger partial charge in [-0.3, -0.25) is 10.1 Å². The van der Waals surface area contributed by atoms with E-state index in [1.807, 2.05) is 0 Å². The van der Waals surface area contributed by atoms with Crippen LogP contribution in [0.4, 0.5) is 11.6 Å². The minimum atomic E-state index is -0.411.